The maximum atomic E-state index is 5.29. The van der Waals surface area contributed by atoms with E-state index in [-0.39, 0.29) is 0 Å². The number of methoxy groups -OCH3 is 1. The molecule has 124 valence electrons. The van der Waals surface area contributed by atoms with Gasteiger partial charge in [-0.05, 0) is 25.7 Å². The van der Waals surface area contributed by atoms with Crippen molar-refractivity contribution in [3.05, 3.63) is 0 Å². The highest BCUT2D eigenvalue weighted by Crippen LogP contribution is 2.17. The Morgan fingerprint density at radius 2 is 2.19 bits per heavy atom. The highest BCUT2D eigenvalue weighted by atomic mass is 16.5. The summed E-state index contributed by atoms with van der Waals surface area (Å²) in [7, 11) is 1.79. The summed E-state index contributed by atoms with van der Waals surface area (Å²) in [4.78, 5) is 7.31. The molecule has 1 saturated heterocycles. The van der Waals surface area contributed by atoms with Gasteiger partial charge in [0.05, 0.1) is 6.61 Å². The third-order valence-electron chi connectivity index (χ3n) is 4.37. The second-order valence-corrected chi connectivity index (χ2v) is 6.17. The van der Waals surface area contributed by atoms with E-state index < -0.39 is 0 Å². The van der Waals surface area contributed by atoms with Crippen LogP contribution in [0.4, 0.5) is 0 Å². The highest BCUT2D eigenvalue weighted by Gasteiger charge is 2.24. The van der Waals surface area contributed by atoms with Gasteiger partial charge in [0.2, 0.25) is 0 Å². The van der Waals surface area contributed by atoms with Crippen molar-refractivity contribution in [3.63, 3.8) is 0 Å². The Balaban J connectivity index is 2.53. The molecule has 0 aromatic carbocycles. The fourth-order valence-corrected chi connectivity index (χ4v) is 2.96. The van der Waals surface area contributed by atoms with Gasteiger partial charge in [-0.3, -0.25) is 4.99 Å². The number of hydrogen-bond donors (Lipinski definition) is 1. The van der Waals surface area contributed by atoms with Gasteiger partial charge < -0.3 is 15.0 Å². The Morgan fingerprint density at radius 1 is 1.38 bits per heavy atom. The molecule has 1 N–H and O–H groups in total. The van der Waals surface area contributed by atoms with E-state index in [0.29, 0.717) is 5.92 Å². The smallest absolute Gasteiger partial charge is 0.193 e. The van der Waals surface area contributed by atoms with Crippen molar-refractivity contribution in [2.24, 2.45) is 16.8 Å². The van der Waals surface area contributed by atoms with Gasteiger partial charge in [-0.25, -0.2) is 0 Å². The van der Waals surface area contributed by atoms with Crippen molar-refractivity contribution in [2.75, 3.05) is 39.9 Å². The van der Waals surface area contributed by atoms with E-state index in [1.165, 1.54) is 32.1 Å². The summed E-state index contributed by atoms with van der Waals surface area (Å²) in [5.74, 6) is 2.49. The average Bonchev–Trinajstić information content (AvgIpc) is 2.95. The third-order valence-corrected chi connectivity index (χ3v) is 4.37. The predicted molar refractivity (Wildman–Crippen MR) is 90.8 cm³/mol. The van der Waals surface area contributed by atoms with Crippen LogP contribution >= 0.6 is 0 Å². The van der Waals surface area contributed by atoms with Gasteiger partial charge in [0, 0.05) is 39.2 Å². The number of ether oxygens (including phenoxy) is 1. The first-order valence-electron chi connectivity index (χ1n) is 8.77. The van der Waals surface area contributed by atoms with Gasteiger partial charge in [0.1, 0.15) is 0 Å². The molecule has 1 heterocycles. The first-order chi connectivity index (χ1) is 10.2. The Hall–Kier alpha value is -0.770. The Bertz CT molecular complexity index is 294. The molecular weight excluding hydrogens is 262 g/mol. The van der Waals surface area contributed by atoms with Crippen molar-refractivity contribution >= 4 is 5.96 Å². The fourth-order valence-electron chi connectivity index (χ4n) is 2.96. The molecule has 1 fully saturated rings. The summed E-state index contributed by atoms with van der Waals surface area (Å²) < 4.78 is 5.29. The van der Waals surface area contributed by atoms with E-state index in [2.05, 4.69) is 31.0 Å². The molecule has 1 aliphatic heterocycles. The number of hydrogen-bond acceptors (Lipinski definition) is 2. The van der Waals surface area contributed by atoms with E-state index in [9.17, 15) is 0 Å². The first-order valence-corrected chi connectivity index (χ1v) is 8.77. The Labute approximate surface area is 131 Å². The zero-order valence-corrected chi connectivity index (χ0v) is 14.5. The van der Waals surface area contributed by atoms with Crippen LogP contribution in [0.1, 0.15) is 52.9 Å². The quantitative estimate of drug-likeness (QED) is 0.525. The second kappa shape index (κ2) is 10.9. The second-order valence-electron chi connectivity index (χ2n) is 6.17. The molecule has 0 aromatic rings. The monoisotopic (exact) mass is 297 g/mol. The largest absolute Gasteiger partial charge is 0.384 e. The highest BCUT2D eigenvalue weighted by molar-refractivity contribution is 5.80. The lowest BCUT2D eigenvalue weighted by atomic mass is 10.00. The molecule has 4 heteroatoms. The van der Waals surface area contributed by atoms with Crippen LogP contribution in [-0.4, -0.2) is 50.8 Å². The summed E-state index contributed by atoms with van der Waals surface area (Å²) in [5.41, 5.74) is 0. The molecule has 21 heavy (non-hydrogen) atoms. The van der Waals surface area contributed by atoms with E-state index in [0.717, 1.165) is 44.7 Å². The van der Waals surface area contributed by atoms with Crippen LogP contribution in [0.2, 0.25) is 0 Å². The first kappa shape index (κ1) is 18.3. The number of likely N-dealkylation sites (tertiary alicyclic amines) is 1. The topological polar surface area (TPSA) is 36.9 Å². The molecule has 0 spiro atoms. The van der Waals surface area contributed by atoms with Crippen LogP contribution in [0, 0.1) is 11.8 Å². The molecule has 2 unspecified atom stereocenters. The van der Waals surface area contributed by atoms with Crippen LogP contribution in [0.5, 0.6) is 0 Å². The Kier molecular flexibility index (Phi) is 9.48. The van der Waals surface area contributed by atoms with Crippen LogP contribution < -0.4 is 5.32 Å². The van der Waals surface area contributed by atoms with Gasteiger partial charge in [-0.15, -0.1) is 0 Å². The fraction of sp³-hybridized carbons (Fsp3) is 0.941. The molecule has 0 amide bonds. The molecule has 0 aliphatic carbocycles. The van der Waals surface area contributed by atoms with Crippen molar-refractivity contribution in [3.8, 4) is 0 Å². The number of nitrogens with one attached hydrogen (secondary N) is 1. The minimum atomic E-state index is 0.654. The molecule has 2 atom stereocenters. The van der Waals surface area contributed by atoms with Gasteiger partial charge in [0.25, 0.3) is 0 Å². The molecular formula is C17H35N3O. The molecule has 1 aliphatic rings. The van der Waals surface area contributed by atoms with Crippen molar-refractivity contribution < 1.29 is 4.74 Å². The summed E-state index contributed by atoms with van der Waals surface area (Å²) in [6.45, 7) is 11.6. The van der Waals surface area contributed by atoms with Crippen LogP contribution in [-0.2, 0) is 4.74 Å². The summed E-state index contributed by atoms with van der Waals surface area (Å²) in [5, 5.41) is 3.46. The van der Waals surface area contributed by atoms with Crippen LogP contribution in [0.15, 0.2) is 4.99 Å². The summed E-state index contributed by atoms with van der Waals surface area (Å²) >= 11 is 0. The molecule has 1 rings (SSSR count). The van der Waals surface area contributed by atoms with Crippen molar-refractivity contribution in [1.82, 2.24) is 10.2 Å². The van der Waals surface area contributed by atoms with Gasteiger partial charge in [0.15, 0.2) is 5.96 Å². The Morgan fingerprint density at radius 3 is 2.81 bits per heavy atom. The zero-order chi connectivity index (χ0) is 15.5. The van der Waals surface area contributed by atoms with Crippen molar-refractivity contribution in [1.29, 1.82) is 0 Å². The van der Waals surface area contributed by atoms with Crippen molar-refractivity contribution in [2.45, 2.75) is 52.9 Å². The van der Waals surface area contributed by atoms with E-state index in [1.54, 1.807) is 7.11 Å². The maximum Gasteiger partial charge on any atom is 0.193 e. The van der Waals surface area contributed by atoms with E-state index >= 15 is 0 Å². The maximum absolute atomic E-state index is 5.29. The molecule has 0 saturated carbocycles. The van der Waals surface area contributed by atoms with Gasteiger partial charge >= 0.3 is 0 Å². The number of rotatable bonds is 9. The average molecular weight is 297 g/mol. The SMILES string of the molecule is CCCCC(CC)CN=C(NCC)N1CCC(COC)C1. The lowest BCUT2D eigenvalue weighted by molar-refractivity contribution is 0.157. The number of nitrogens with zero attached hydrogens (tertiary/aromatic N) is 2. The molecule has 0 aromatic heterocycles. The predicted octanol–water partition coefficient (Wildman–Crippen LogP) is 3.14. The van der Waals surface area contributed by atoms with Crippen LogP contribution in [0.25, 0.3) is 0 Å². The normalized spacial score (nSPS) is 20.9. The number of unbranched alkanes of at least 4 members (excludes halogenated alkanes) is 1. The van der Waals surface area contributed by atoms with Gasteiger partial charge in [-0.2, -0.15) is 0 Å². The van der Waals surface area contributed by atoms with Crippen LogP contribution in [0.3, 0.4) is 0 Å². The third kappa shape index (κ3) is 6.68. The van der Waals surface area contributed by atoms with Gasteiger partial charge in [-0.1, -0.05) is 33.1 Å². The number of aliphatic imine (C=N–C) groups is 1. The lowest BCUT2D eigenvalue weighted by Crippen LogP contribution is -2.40. The van der Waals surface area contributed by atoms with E-state index in [4.69, 9.17) is 9.73 Å². The molecule has 0 bridgehead atoms. The molecule has 0 radical (unpaired) electrons. The summed E-state index contributed by atoms with van der Waals surface area (Å²) in [6.07, 6.45) is 6.36. The number of guanidine groups is 1. The minimum absolute atomic E-state index is 0.654. The van der Waals surface area contributed by atoms with E-state index in [1.807, 2.05) is 0 Å². The summed E-state index contributed by atoms with van der Waals surface area (Å²) in [6, 6.07) is 0. The lowest BCUT2D eigenvalue weighted by Gasteiger charge is -2.22. The zero-order valence-electron chi connectivity index (χ0n) is 14.5. The molecule has 4 nitrogen and oxygen atoms in total. The minimum Gasteiger partial charge on any atom is -0.384 e. The standard InChI is InChI=1S/C17H35N3O/c1-5-8-9-15(6-2)12-19-17(18-7-3)20-11-10-16(13-20)14-21-4/h15-16H,5-14H2,1-4H3,(H,18,19).